The average molecular weight is 301 g/mol. The van der Waals surface area contributed by atoms with Crippen LogP contribution >= 0.6 is 0 Å². The van der Waals surface area contributed by atoms with Crippen molar-refractivity contribution in [2.75, 3.05) is 7.11 Å². The number of methoxy groups -OCH3 is 1. The summed E-state index contributed by atoms with van der Waals surface area (Å²) >= 11 is 0. The zero-order chi connectivity index (χ0) is 15.5. The first-order chi connectivity index (χ1) is 9.14. The standard InChI is InChI=1S/C10H8F5NO4/c1-19-6-2-4(8(11)12)5(3-7(17)18)9(16-6)20-10(13,14)15/h2,8H,3H2,1H3,(H,17,18). The molecule has 1 aromatic rings. The van der Waals surface area contributed by atoms with Crippen LogP contribution in [0.4, 0.5) is 22.0 Å². The highest BCUT2D eigenvalue weighted by Gasteiger charge is 2.35. The molecule has 1 N–H and O–H groups in total. The quantitative estimate of drug-likeness (QED) is 0.846. The van der Waals surface area contributed by atoms with Crippen LogP contribution in [0, 0.1) is 0 Å². The van der Waals surface area contributed by atoms with Gasteiger partial charge in [0.05, 0.1) is 13.5 Å². The third kappa shape index (κ3) is 4.21. The molecule has 0 radical (unpaired) electrons. The molecule has 112 valence electrons. The lowest BCUT2D eigenvalue weighted by molar-refractivity contribution is -0.276. The van der Waals surface area contributed by atoms with Crippen molar-refractivity contribution >= 4 is 5.97 Å². The third-order valence-corrected chi connectivity index (χ3v) is 2.08. The van der Waals surface area contributed by atoms with Crippen LogP contribution < -0.4 is 9.47 Å². The molecule has 0 aromatic carbocycles. The molecular weight excluding hydrogens is 293 g/mol. The van der Waals surface area contributed by atoms with E-state index in [0.717, 1.165) is 7.11 Å². The van der Waals surface area contributed by atoms with Crippen LogP contribution in [0.5, 0.6) is 11.8 Å². The molecule has 0 amide bonds. The summed E-state index contributed by atoms with van der Waals surface area (Å²) in [5.41, 5.74) is -1.80. The Morgan fingerprint density at radius 3 is 2.45 bits per heavy atom. The van der Waals surface area contributed by atoms with Crippen LogP contribution in [0.1, 0.15) is 17.6 Å². The number of nitrogens with zero attached hydrogens (tertiary/aromatic N) is 1. The van der Waals surface area contributed by atoms with E-state index in [0.29, 0.717) is 6.07 Å². The Bertz CT molecular complexity index is 503. The lowest BCUT2D eigenvalue weighted by atomic mass is 10.1. The Morgan fingerprint density at radius 2 is 2.05 bits per heavy atom. The van der Waals surface area contributed by atoms with Crippen LogP contribution in [0.15, 0.2) is 6.07 Å². The number of carbonyl (C=O) groups is 1. The molecular formula is C10H8F5NO4. The summed E-state index contributed by atoms with van der Waals surface area (Å²) in [7, 11) is 1.01. The van der Waals surface area contributed by atoms with Gasteiger partial charge >= 0.3 is 12.3 Å². The van der Waals surface area contributed by atoms with Gasteiger partial charge in [-0.2, -0.15) is 4.98 Å². The Kier molecular flexibility index (Phi) is 4.69. The summed E-state index contributed by atoms with van der Waals surface area (Å²) in [6.07, 6.45) is -9.51. The summed E-state index contributed by atoms with van der Waals surface area (Å²) in [6, 6.07) is 0.659. The van der Waals surface area contributed by atoms with E-state index in [1.807, 2.05) is 0 Å². The molecule has 5 nitrogen and oxygen atoms in total. The minimum absolute atomic E-state index is 0.548. The smallest absolute Gasteiger partial charge is 0.481 e. The van der Waals surface area contributed by atoms with E-state index in [4.69, 9.17) is 5.11 Å². The van der Waals surface area contributed by atoms with E-state index < -0.39 is 48.1 Å². The molecule has 0 aliphatic carbocycles. The van der Waals surface area contributed by atoms with Crippen LogP contribution in [0.25, 0.3) is 0 Å². The SMILES string of the molecule is COc1cc(C(F)F)c(CC(=O)O)c(OC(F)(F)F)n1. The molecule has 1 heterocycles. The first-order valence-corrected chi connectivity index (χ1v) is 4.97. The fourth-order valence-electron chi connectivity index (χ4n) is 1.37. The number of ether oxygens (including phenoxy) is 2. The maximum atomic E-state index is 12.8. The zero-order valence-electron chi connectivity index (χ0n) is 9.87. The van der Waals surface area contributed by atoms with Gasteiger partial charge in [0.2, 0.25) is 11.8 Å². The van der Waals surface area contributed by atoms with E-state index in [9.17, 15) is 26.7 Å². The summed E-state index contributed by atoms with van der Waals surface area (Å²) in [4.78, 5) is 13.8. The molecule has 0 spiro atoms. The van der Waals surface area contributed by atoms with E-state index in [1.165, 1.54) is 0 Å². The molecule has 1 aromatic heterocycles. The van der Waals surface area contributed by atoms with Gasteiger partial charge in [-0.3, -0.25) is 4.79 Å². The number of carboxylic acid groups (broad SMARTS) is 1. The predicted molar refractivity (Wildman–Crippen MR) is 53.8 cm³/mol. The highest BCUT2D eigenvalue weighted by molar-refractivity contribution is 5.72. The molecule has 0 unspecified atom stereocenters. The first kappa shape index (κ1) is 15.9. The van der Waals surface area contributed by atoms with Crippen molar-refractivity contribution in [1.82, 2.24) is 4.98 Å². The van der Waals surface area contributed by atoms with Crippen LogP contribution in [0.2, 0.25) is 0 Å². The average Bonchev–Trinajstić information content (AvgIpc) is 2.28. The van der Waals surface area contributed by atoms with Gasteiger partial charge in [0, 0.05) is 17.2 Å². The van der Waals surface area contributed by atoms with Gasteiger partial charge in [0.1, 0.15) is 0 Å². The monoisotopic (exact) mass is 301 g/mol. The van der Waals surface area contributed by atoms with Crippen molar-refractivity contribution in [2.45, 2.75) is 19.2 Å². The number of halogens is 5. The molecule has 0 aliphatic rings. The van der Waals surface area contributed by atoms with E-state index in [-0.39, 0.29) is 0 Å². The minimum Gasteiger partial charge on any atom is -0.481 e. The summed E-state index contributed by atoms with van der Waals surface area (Å²) < 4.78 is 70.1. The number of alkyl halides is 5. The topological polar surface area (TPSA) is 68.7 Å². The predicted octanol–water partition coefficient (Wildman–Crippen LogP) is 2.55. The second-order valence-corrected chi connectivity index (χ2v) is 3.46. The number of aliphatic carboxylic acids is 1. The lowest BCUT2D eigenvalue weighted by Gasteiger charge is -2.15. The zero-order valence-corrected chi connectivity index (χ0v) is 9.87. The van der Waals surface area contributed by atoms with Crippen molar-refractivity contribution in [3.05, 3.63) is 17.2 Å². The second kappa shape index (κ2) is 5.88. The summed E-state index contributed by atoms with van der Waals surface area (Å²) in [5, 5.41) is 8.58. The molecule has 0 aliphatic heterocycles. The van der Waals surface area contributed by atoms with Crippen LogP contribution in [-0.2, 0) is 11.2 Å². The fraction of sp³-hybridized carbons (Fsp3) is 0.400. The van der Waals surface area contributed by atoms with Gasteiger partial charge in [-0.05, 0) is 0 Å². The van der Waals surface area contributed by atoms with Gasteiger partial charge in [0.15, 0.2) is 0 Å². The highest BCUT2D eigenvalue weighted by atomic mass is 19.4. The van der Waals surface area contributed by atoms with Gasteiger partial charge in [-0.25, -0.2) is 8.78 Å². The van der Waals surface area contributed by atoms with Gasteiger partial charge in [-0.15, -0.1) is 13.2 Å². The van der Waals surface area contributed by atoms with Crippen molar-refractivity contribution in [3.8, 4) is 11.8 Å². The molecule has 0 atom stereocenters. The molecule has 1 rings (SSSR count). The Morgan fingerprint density at radius 1 is 1.45 bits per heavy atom. The third-order valence-electron chi connectivity index (χ3n) is 2.08. The normalized spacial score (nSPS) is 11.6. The highest BCUT2D eigenvalue weighted by Crippen LogP contribution is 2.34. The number of rotatable bonds is 5. The number of carboxylic acids is 1. The van der Waals surface area contributed by atoms with Crippen molar-refractivity contribution in [2.24, 2.45) is 0 Å². The van der Waals surface area contributed by atoms with Crippen molar-refractivity contribution in [3.63, 3.8) is 0 Å². The van der Waals surface area contributed by atoms with E-state index in [1.54, 1.807) is 0 Å². The molecule has 0 saturated heterocycles. The minimum atomic E-state index is -5.20. The number of aromatic nitrogens is 1. The lowest BCUT2D eigenvalue weighted by Crippen LogP contribution is -2.20. The Hall–Kier alpha value is -2.13. The Balaban J connectivity index is 3.42. The number of pyridine rings is 1. The largest absolute Gasteiger partial charge is 0.574 e. The molecule has 0 saturated carbocycles. The van der Waals surface area contributed by atoms with Gasteiger partial charge < -0.3 is 14.6 Å². The van der Waals surface area contributed by atoms with E-state index in [2.05, 4.69) is 14.5 Å². The van der Waals surface area contributed by atoms with Crippen LogP contribution in [-0.4, -0.2) is 29.5 Å². The van der Waals surface area contributed by atoms with Gasteiger partial charge in [0.25, 0.3) is 6.43 Å². The number of hydrogen-bond donors (Lipinski definition) is 1. The second-order valence-electron chi connectivity index (χ2n) is 3.46. The van der Waals surface area contributed by atoms with Crippen LogP contribution in [0.3, 0.4) is 0 Å². The fourth-order valence-corrected chi connectivity index (χ4v) is 1.37. The van der Waals surface area contributed by atoms with Crippen molar-refractivity contribution < 1.29 is 41.3 Å². The maximum Gasteiger partial charge on any atom is 0.574 e. The summed E-state index contributed by atoms with van der Waals surface area (Å²) in [5.74, 6) is -3.42. The van der Waals surface area contributed by atoms with Crippen molar-refractivity contribution in [1.29, 1.82) is 0 Å². The first-order valence-electron chi connectivity index (χ1n) is 4.97. The summed E-state index contributed by atoms with van der Waals surface area (Å²) in [6.45, 7) is 0. The Labute approximate surface area is 108 Å². The molecule has 20 heavy (non-hydrogen) atoms. The molecule has 0 fully saturated rings. The van der Waals surface area contributed by atoms with Gasteiger partial charge in [-0.1, -0.05) is 0 Å². The molecule has 0 bridgehead atoms. The van der Waals surface area contributed by atoms with E-state index >= 15 is 0 Å². The maximum absolute atomic E-state index is 12.8. The molecule has 10 heteroatoms. The number of hydrogen-bond acceptors (Lipinski definition) is 4.